The van der Waals surface area contributed by atoms with Gasteiger partial charge in [-0.2, -0.15) is 0 Å². The number of hydrogen-bond donors (Lipinski definition) is 1. The van der Waals surface area contributed by atoms with Crippen LogP contribution in [0.1, 0.15) is 38.2 Å². The van der Waals surface area contributed by atoms with Gasteiger partial charge in [-0.25, -0.2) is 0 Å². The van der Waals surface area contributed by atoms with Gasteiger partial charge in [-0.1, -0.05) is 49.2 Å². The molecule has 1 saturated carbocycles. The third-order valence-corrected chi connectivity index (χ3v) is 5.97. The smallest absolute Gasteiger partial charge is 0.235 e. The van der Waals surface area contributed by atoms with E-state index >= 15 is 0 Å². The number of carbonyl (C=O) groups excluding carboxylic acids is 1. The Bertz CT molecular complexity index is 1000. The first kappa shape index (κ1) is 19.3. The number of hydrogen-bond acceptors (Lipinski definition) is 3. The summed E-state index contributed by atoms with van der Waals surface area (Å²) in [4.78, 5) is 13.6. The number of carbonyl (C=O) groups is 1. The molecule has 0 saturated heterocycles. The number of rotatable bonds is 6. The highest BCUT2D eigenvalue weighted by molar-refractivity contribution is 6.07. The van der Waals surface area contributed by atoms with Crippen molar-refractivity contribution < 1.29 is 14.3 Å². The molecule has 4 nitrogen and oxygen atoms in total. The molecule has 0 aliphatic heterocycles. The van der Waals surface area contributed by atoms with E-state index in [9.17, 15) is 4.79 Å². The fourth-order valence-electron chi connectivity index (χ4n) is 4.44. The second kappa shape index (κ2) is 8.16. The first-order valence-corrected chi connectivity index (χ1v) is 10.3. The summed E-state index contributed by atoms with van der Waals surface area (Å²) in [6.45, 7) is 2.58. The summed E-state index contributed by atoms with van der Waals surface area (Å²) in [6.07, 6.45) is 3.84. The molecule has 4 rings (SSSR count). The SMILES string of the molecule is CCOc1ccc(NC(=O)C2(c3ccc(OC)cc3)CCCC2)c2ccccc12. The van der Waals surface area contributed by atoms with E-state index in [1.807, 2.05) is 67.6 Å². The number of ether oxygens (including phenoxy) is 2. The zero-order chi connectivity index (χ0) is 20.3. The highest BCUT2D eigenvalue weighted by Crippen LogP contribution is 2.43. The van der Waals surface area contributed by atoms with Gasteiger partial charge in [0.25, 0.3) is 0 Å². The molecule has 1 aliphatic carbocycles. The van der Waals surface area contributed by atoms with Crippen LogP contribution in [0.3, 0.4) is 0 Å². The topological polar surface area (TPSA) is 47.6 Å². The predicted molar refractivity (Wildman–Crippen MR) is 117 cm³/mol. The van der Waals surface area contributed by atoms with Gasteiger partial charge >= 0.3 is 0 Å². The fraction of sp³-hybridized carbons (Fsp3) is 0.320. The Morgan fingerprint density at radius 2 is 1.66 bits per heavy atom. The zero-order valence-electron chi connectivity index (χ0n) is 17.0. The van der Waals surface area contributed by atoms with Gasteiger partial charge in [0.2, 0.25) is 5.91 Å². The lowest BCUT2D eigenvalue weighted by Gasteiger charge is -2.29. The Balaban J connectivity index is 1.69. The van der Waals surface area contributed by atoms with Crippen LogP contribution in [0.4, 0.5) is 5.69 Å². The average Bonchev–Trinajstić information content (AvgIpc) is 3.27. The molecule has 0 heterocycles. The number of fused-ring (bicyclic) bond motifs is 1. The van der Waals surface area contributed by atoms with Crippen LogP contribution in [0, 0.1) is 0 Å². The minimum atomic E-state index is -0.494. The molecule has 1 fully saturated rings. The summed E-state index contributed by atoms with van der Waals surface area (Å²) < 4.78 is 11.1. The van der Waals surface area contributed by atoms with E-state index in [1.165, 1.54) is 0 Å². The van der Waals surface area contributed by atoms with Crippen molar-refractivity contribution in [2.45, 2.75) is 38.0 Å². The van der Waals surface area contributed by atoms with Gasteiger partial charge in [-0.05, 0) is 49.6 Å². The summed E-state index contributed by atoms with van der Waals surface area (Å²) >= 11 is 0. The van der Waals surface area contributed by atoms with Crippen LogP contribution in [0.15, 0.2) is 60.7 Å². The van der Waals surface area contributed by atoms with Gasteiger partial charge in [0.15, 0.2) is 0 Å². The minimum absolute atomic E-state index is 0.0643. The van der Waals surface area contributed by atoms with Crippen LogP contribution >= 0.6 is 0 Å². The molecule has 1 amide bonds. The molecule has 0 radical (unpaired) electrons. The molecule has 0 spiro atoms. The maximum atomic E-state index is 13.6. The standard InChI is InChI=1S/C25H27NO3/c1-3-29-23-15-14-22(20-8-4-5-9-21(20)23)26-24(27)25(16-6-7-17-25)18-10-12-19(28-2)13-11-18/h4-5,8-15H,3,6-7,16-17H2,1-2H3,(H,26,27). The van der Waals surface area contributed by atoms with Gasteiger partial charge in [0.05, 0.1) is 19.1 Å². The molecule has 0 unspecified atom stereocenters. The van der Waals surface area contributed by atoms with E-state index < -0.39 is 5.41 Å². The lowest BCUT2D eigenvalue weighted by Crippen LogP contribution is -2.38. The van der Waals surface area contributed by atoms with E-state index in [4.69, 9.17) is 9.47 Å². The normalized spacial score (nSPS) is 15.2. The first-order chi connectivity index (χ1) is 14.2. The lowest BCUT2D eigenvalue weighted by molar-refractivity contribution is -0.121. The molecule has 4 heteroatoms. The van der Waals surface area contributed by atoms with Crippen molar-refractivity contribution in [1.29, 1.82) is 0 Å². The second-order valence-corrected chi connectivity index (χ2v) is 7.56. The number of nitrogens with one attached hydrogen (secondary N) is 1. The molecule has 0 atom stereocenters. The van der Waals surface area contributed by atoms with Crippen LogP contribution in [-0.2, 0) is 10.2 Å². The van der Waals surface area contributed by atoms with E-state index in [2.05, 4.69) is 5.32 Å². The largest absolute Gasteiger partial charge is 0.497 e. The van der Waals surface area contributed by atoms with E-state index in [1.54, 1.807) is 7.11 Å². The monoisotopic (exact) mass is 389 g/mol. The van der Waals surface area contributed by atoms with Crippen molar-refractivity contribution in [2.75, 3.05) is 19.0 Å². The van der Waals surface area contributed by atoms with Gasteiger partial charge in [-0.3, -0.25) is 4.79 Å². The highest BCUT2D eigenvalue weighted by atomic mass is 16.5. The second-order valence-electron chi connectivity index (χ2n) is 7.56. The minimum Gasteiger partial charge on any atom is -0.497 e. The number of amides is 1. The van der Waals surface area contributed by atoms with Crippen LogP contribution in [-0.4, -0.2) is 19.6 Å². The van der Waals surface area contributed by atoms with Crippen molar-refractivity contribution in [3.05, 3.63) is 66.2 Å². The predicted octanol–water partition coefficient (Wildman–Crippen LogP) is 5.70. The third-order valence-electron chi connectivity index (χ3n) is 5.97. The van der Waals surface area contributed by atoms with Crippen molar-refractivity contribution in [2.24, 2.45) is 0 Å². The molecular formula is C25H27NO3. The molecule has 29 heavy (non-hydrogen) atoms. The Morgan fingerprint density at radius 1 is 0.966 bits per heavy atom. The average molecular weight is 389 g/mol. The molecular weight excluding hydrogens is 362 g/mol. The maximum Gasteiger partial charge on any atom is 0.235 e. The summed E-state index contributed by atoms with van der Waals surface area (Å²) in [7, 11) is 1.66. The molecule has 1 N–H and O–H groups in total. The first-order valence-electron chi connectivity index (χ1n) is 10.3. The Hall–Kier alpha value is -3.01. The van der Waals surface area contributed by atoms with Crippen molar-refractivity contribution in [3.63, 3.8) is 0 Å². The fourth-order valence-corrected chi connectivity index (χ4v) is 4.44. The third kappa shape index (κ3) is 3.55. The maximum absolute atomic E-state index is 13.6. The van der Waals surface area contributed by atoms with Crippen molar-refractivity contribution >= 4 is 22.4 Å². The quantitative estimate of drug-likeness (QED) is 0.588. The van der Waals surface area contributed by atoms with Crippen molar-refractivity contribution in [3.8, 4) is 11.5 Å². The summed E-state index contributed by atoms with van der Waals surface area (Å²) in [5.41, 5.74) is 1.39. The van der Waals surface area contributed by atoms with Crippen LogP contribution in [0.25, 0.3) is 10.8 Å². The van der Waals surface area contributed by atoms with Crippen LogP contribution in [0.2, 0.25) is 0 Å². The zero-order valence-corrected chi connectivity index (χ0v) is 17.0. The molecule has 0 aromatic heterocycles. The van der Waals surface area contributed by atoms with E-state index in [0.717, 1.165) is 59.2 Å². The Morgan fingerprint density at radius 3 is 2.31 bits per heavy atom. The molecule has 150 valence electrons. The molecule has 3 aromatic carbocycles. The van der Waals surface area contributed by atoms with Crippen LogP contribution < -0.4 is 14.8 Å². The molecule has 0 bridgehead atoms. The number of methoxy groups -OCH3 is 1. The molecule has 1 aliphatic rings. The van der Waals surface area contributed by atoms with Gasteiger partial charge in [-0.15, -0.1) is 0 Å². The summed E-state index contributed by atoms with van der Waals surface area (Å²) in [5, 5.41) is 5.24. The number of anilines is 1. The highest BCUT2D eigenvalue weighted by Gasteiger charge is 2.42. The number of benzene rings is 3. The Kier molecular flexibility index (Phi) is 5.43. The Labute approximate surface area is 171 Å². The summed E-state index contributed by atoms with van der Waals surface area (Å²) in [6, 6.07) is 19.9. The lowest BCUT2D eigenvalue weighted by atomic mass is 9.78. The van der Waals surface area contributed by atoms with Crippen molar-refractivity contribution in [1.82, 2.24) is 0 Å². The van der Waals surface area contributed by atoms with Gasteiger partial charge < -0.3 is 14.8 Å². The molecule has 3 aromatic rings. The van der Waals surface area contributed by atoms with E-state index in [0.29, 0.717) is 6.61 Å². The van der Waals surface area contributed by atoms with Gasteiger partial charge in [0.1, 0.15) is 11.5 Å². The van der Waals surface area contributed by atoms with E-state index in [-0.39, 0.29) is 5.91 Å². The van der Waals surface area contributed by atoms with Gasteiger partial charge in [0, 0.05) is 16.5 Å². The van der Waals surface area contributed by atoms with Crippen LogP contribution in [0.5, 0.6) is 11.5 Å². The summed E-state index contributed by atoms with van der Waals surface area (Å²) in [5.74, 6) is 1.71.